The molecular formula is C20H38IN5O. The quantitative estimate of drug-likeness (QED) is 0.352. The van der Waals surface area contributed by atoms with Gasteiger partial charge in [-0.05, 0) is 64.6 Å². The first-order valence-electron chi connectivity index (χ1n) is 10.7. The van der Waals surface area contributed by atoms with Crippen molar-refractivity contribution in [3.05, 3.63) is 0 Å². The summed E-state index contributed by atoms with van der Waals surface area (Å²) in [5.74, 6) is 2.10. The van der Waals surface area contributed by atoms with E-state index >= 15 is 0 Å². The number of hydrogen-bond acceptors (Lipinski definition) is 3. The van der Waals surface area contributed by atoms with E-state index in [1.54, 1.807) is 0 Å². The molecule has 27 heavy (non-hydrogen) atoms. The summed E-state index contributed by atoms with van der Waals surface area (Å²) >= 11 is 0. The number of carbonyl (C=O) groups is 1. The lowest BCUT2D eigenvalue weighted by molar-refractivity contribution is -0.119. The molecule has 156 valence electrons. The van der Waals surface area contributed by atoms with Crippen LogP contribution in [-0.4, -0.2) is 74.0 Å². The minimum Gasteiger partial charge on any atom is -0.357 e. The Hall–Kier alpha value is -0.570. The second-order valence-corrected chi connectivity index (χ2v) is 8.38. The number of nitrogens with one attached hydrogen (secondary N) is 2. The molecule has 3 fully saturated rings. The highest BCUT2D eigenvalue weighted by Crippen LogP contribution is 2.36. The van der Waals surface area contributed by atoms with Gasteiger partial charge in [-0.25, -0.2) is 0 Å². The minimum atomic E-state index is 0. The van der Waals surface area contributed by atoms with Crippen LogP contribution in [0.15, 0.2) is 4.99 Å². The van der Waals surface area contributed by atoms with Gasteiger partial charge in [0, 0.05) is 44.6 Å². The van der Waals surface area contributed by atoms with Crippen molar-refractivity contribution in [3.8, 4) is 0 Å². The van der Waals surface area contributed by atoms with Crippen LogP contribution >= 0.6 is 24.0 Å². The van der Waals surface area contributed by atoms with Crippen LogP contribution in [0.1, 0.15) is 52.4 Å². The van der Waals surface area contributed by atoms with E-state index in [9.17, 15) is 4.79 Å². The van der Waals surface area contributed by atoms with Gasteiger partial charge in [-0.2, -0.15) is 0 Å². The van der Waals surface area contributed by atoms with Gasteiger partial charge in [0.05, 0.1) is 0 Å². The van der Waals surface area contributed by atoms with Crippen LogP contribution in [0.3, 0.4) is 0 Å². The predicted molar refractivity (Wildman–Crippen MR) is 122 cm³/mol. The van der Waals surface area contributed by atoms with E-state index in [0.29, 0.717) is 6.42 Å². The summed E-state index contributed by atoms with van der Waals surface area (Å²) in [7, 11) is 0. The van der Waals surface area contributed by atoms with Crippen molar-refractivity contribution in [2.75, 3.05) is 52.4 Å². The average molecular weight is 491 g/mol. The van der Waals surface area contributed by atoms with Gasteiger partial charge in [0.15, 0.2) is 5.96 Å². The average Bonchev–Trinajstić information content (AvgIpc) is 3.01. The number of likely N-dealkylation sites (tertiary alicyclic amines) is 2. The van der Waals surface area contributed by atoms with E-state index in [0.717, 1.165) is 57.4 Å². The van der Waals surface area contributed by atoms with Crippen LogP contribution in [0.2, 0.25) is 0 Å². The van der Waals surface area contributed by atoms with Crippen LogP contribution in [0, 0.1) is 11.3 Å². The van der Waals surface area contributed by atoms with E-state index in [4.69, 9.17) is 4.99 Å². The summed E-state index contributed by atoms with van der Waals surface area (Å²) in [6.45, 7) is 12.7. The Balaban J connectivity index is 0.00000261. The number of halogens is 1. The van der Waals surface area contributed by atoms with Crippen LogP contribution in [-0.2, 0) is 4.79 Å². The van der Waals surface area contributed by atoms with Crippen molar-refractivity contribution in [3.63, 3.8) is 0 Å². The molecule has 7 heteroatoms. The van der Waals surface area contributed by atoms with Crippen molar-refractivity contribution in [2.45, 2.75) is 52.4 Å². The molecule has 0 saturated carbocycles. The molecule has 0 aliphatic carbocycles. The molecule has 0 aromatic heterocycles. The molecule has 3 aliphatic heterocycles. The standard InChI is InChI=1S/C20H37N5O.HI/c1-3-21-19(22-10-6-17-7-12-24(4-2)13-8-17)25-11-5-9-20(16-25)14-18(26)23-15-20;/h17H,3-16H2,1-2H3,(H,21,22)(H,23,26);1H. The van der Waals surface area contributed by atoms with Crippen molar-refractivity contribution in [1.82, 2.24) is 20.4 Å². The van der Waals surface area contributed by atoms with Gasteiger partial charge in [0.1, 0.15) is 0 Å². The third-order valence-corrected chi connectivity index (χ3v) is 6.45. The van der Waals surface area contributed by atoms with E-state index in [-0.39, 0.29) is 35.3 Å². The van der Waals surface area contributed by atoms with Gasteiger partial charge < -0.3 is 20.4 Å². The van der Waals surface area contributed by atoms with Crippen molar-refractivity contribution in [1.29, 1.82) is 0 Å². The number of carbonyl (C=O) groups excluding carboxylic acids is 1. The highest BCUT2D eigenvalue weighted by Gasteiger charge is 2.42. The van der Waals surface area contributed by atoms with Gasteiger partial charge in [0.25, 0.3) is 0 Å². The van der Waals surface area contributed by atoms with Gasteiger partial charge >= 0.3 is 0 Å². The molecule has 3 heterocycles. The third kappa shape index (κ3) is 6.21. The maximum atomic E-state index is 11.7. The number of nitrogens with zero attached hydrogens (tertiary/aromatic N) is 3. The molecule has 6 nitrogen and oxygen atoms in total. The number of hydrogen-bond donors (Lipinski definition) is 2. The molecule has 3 saturated heterocycles. The fourth-order valence-corrected chi connectivity index (χ4v) is 4.80. The molecule has 0 aromatic carbocycles. The number of amides is 1. The second kappa shape index (κ2) is 10.8. The molecule has 0 bridgehead atoms. The first-order chi connectivity index (χ1) is 12.6. The van der Waals surface area contributed by atoms with Crippen molar-refractivity contribution >= 4 is 35.8 Å². The highest BCUT2D eigenvalue weighted by atomic mass is 127. The molecule has 1 amide bonds. The Kier molecular flexibility index (Phi) is 9.11. The second-order valence-electron chi connectivity index (χ2n) is 8.38. The lowest BCUT2D eigenvalue weighted by Crippen LogP contribution is -2.51. The molecular weight excluding hydrogens is 453 g/mol. The van der Waals surface area contributed by atoms with E-state index in [2.05, 4.69) is 34.3 Å². The largest absolute Gasteiger partial charge is 0.357 e. The van der Waals surface area contributed by atoms with Crippen LogP contribution < -0.4 is 10.6 Å². The molecule has 0 aromatic rings. The fraction of sp³-hybridized carbons (Fsp3) is 0.900. The Labute approximate surface area is 181 Å². The van der Waals surface area contributed by atoms with Crippen molar-refractivity contribution < 1.29 is 4.79 Å². The zero-order chi connectivity index (χ0) is 18.4. The van der Waals surface area contributed by atoms with Gasteiger partial charge in [-0.1, -0.05) is 6.92 Å². The van der Waals surface area contributed by atoms with Gasteiger partial charge in [0.2, 0.25) is 5.91 Å². The van der Waals surface area contributed by atoms with E-state index in [1.807, 2.05) is 0 Å². The van der Waals surface area contributed by atoms with E-state index in [1.165, 1.54) is 38.9 Å². The summed E-state index contributed by atoms with van der Waals surface area (Å²) < 4.78 is 0. The first-order valence-corrected chi connectivity index (χ1v) is 10.7. The minimum absolute atomic E-state index is 0. The monoisotopic (exact) mass is 491 g/mol. The lowest BCUT2D eigenvalue weighted by Gasteiger charge is -2.40. The SMILES string of the molecule is CCNC(=NCCC1CCN(CC)CC1)N1CCCC2(CNC(=O)C2)C1.I. The van der Waals surface area contributed by atoms with E-state index < -0.39 is 0 Å². The molecule has 3 rings (SSSR count). The third-order valence-electron chi connectivity index (χ3n) is 6.45. The summed E-state index contributed by atoms with van der Waals surface area (Å²) in [6, 6.07) is 0. The fourth-order valence-electron chi connectivity index (χ4n) is 4.80. The highest BCUT2D eigenvalue weighted by molar-refractivity contribution is 14.0. The van der Waals surface area contributed by atoms with Crippen LogP contribution in [0.5, 0.6) is 0 Å². The van der Waals surface area contributed by atoms with Crippen molar-refractivity contribution in [2.24, 2.45) is 16.3 Å². The maximum Gasteiger partial charge on any atom is 0.220 e. The zero-order valence-electron chi connectivity index (χ0n) is 17.1. The summed E-state index contributed by atoms with van der Waals surface area (Å²) in [5.41, 5.74) is 0.124. The maximum absolute atomic E-state index is 11.7. The Bertz CT molecular complexity index is 507. The molecule has 0 radical (unpaired) electrons. The first kappa shape index (κ1) is 22.7. The number of rotatable bonds is 5. The normalized spacial score (nSPS) is 27.6. The molecule has 2 N–H and O–H groups in total. The summed E-state index contributed by atoms with van der Waals surface area (Å²) in [6.07, 6.45) is 6.82. The Morgan fingerprint density at radius 2 is 2.07 bits per heavy atom. The van der Waals surface area contributed by atoms with Gasteiger partial charge in [-0.3, -0.25) is 9.79 Å². The summed E-state index contributed by atoms with van der Waals surface area (Å²) in [4.78, 5) is 21.6. The zero-order valence-corrected chi connectivity index (χ0v) is 19.5. The molecule has 1 atom stereocenters. The van der Waals surface area contributed by atoms with Crippen LogP contribution in [0.4, 0.5) is 0 Å². The molecule has 1 unspecified atom stereocenters. The Morgan fingerprint density at radius 1 is 1.30 bits per heavy atom. The predicted octanol–water partition coefficient (Wildman–Crippen LogP) is 2.29. The number of piperidine rings is 2. The van der Waals surface area contributed by atoms with Crippen LogP contribution in [0.25, 0.3) is 0 Å². The van der Waals surface area contributed by atoms with Gasteiger partial charge in [-0.15, -0.1) is 24.0 Å². The smallest absolute Gasteiger partial charge is 0.220 e. The Morgan fingerprint density at radius 3 is 2.70 bits per heavy atom. The number of aliphatic imine (C=N–C) groups is 1. The lowest BCUT2D eigenvalue weighted by atomic mass is 9.79. The topological polar surface area (TPSA) is 60.0 Å². The molecule has 1 spiro atoms. The number of guanidine groups is 1. The summed E-state index contributed by atoms with van der Waals surface area (Å²) in [5, 5.41) is 6.52. The molecule has 3 aliphatic rings.